The molecule has 6 heteroatoms. The van der Waals surface area contributed by atoms with Gasteiger partial charge in [-0.1, -0.05) is 12.8 Å². The normalized spacial score (nSPS) is 19.6. The summed E-state index contributed by atoms with van der Waals surface area (Å²) in [7, 11) is 0. The molecule has 1 atom stereocenters. The Bertz CT molecular complexity index is 527. The fourth-order valence-corrected chi connectivity index (χ4v) is 2.61. The molecule has 0 aromatic carbocycles. The minimum Gasteiger partial charge on any atom is -0.398 e. The minimum absolute atomic E-state index is 0.0274. The second kappa shape index (κ2) is 6.56. The summed E-state index contributed by atoms with van der Waals surface area (Å²) >= 11 is 0. The van der Waals surface area contributed by atoms with Crippen molar-refractivity contribution in [1.29, 1.82) is 0 Å². The number of carbonyl (C=O) groups excluding carboxylic acids is 1. The van der Waals surface area contributed by atoms with E-state index in [4.69, 9.17) is 5.73 Å². The number of hydrogen-bond donors (Lipinski definition) is 2. The van der Waals surface area contributed by atoms with Gasteiger partial charge in [-0.05, 0) is 18.9 Å². The molecular weight excluding hydrogens is 258 g/mol. The molecule has 1 saturated heterocycles. The Morgan fingerprint density at radius 1 is 1.35 bits per heavy atom. The average Bonchev–Trinajstić information content (AvgIpc) is 2.68. The molecule has 1 aromatic rings. The summed E-state index contributed by atoms with van der Waals surface area (Å²) in [5, 5.41) is 9.42. The van der Waals surface area contributed by atoms with E-state index < -0.39 is 0 Å². The topological polar surface area (TPSA) is 88.6 Å². The lowest BCUT2D eigenvalue weighted by Gasteiger charge is -2.28. The lowest BCUT2D eigenvalue weighted by molar-refractivity contribution is -0.135. The van der Waals surface area contributed by atoms with Crippen LogP contribution in [-0.2, 0) is 11.3 Å². The van der Waals surface area contributed by atoms with Gasteiger partial charge < -0.3 is 20.3 Å². The van der Waals surface area contributed by atoms with E-state index in [0.29, 0.717) is 12.2 Å². The number of likely N-dealkylation sites (tertiary alicyclic amines) is 1. The van der Waals surface area contributed by atoms with Crippen molar-refractivity contribution in [2.75, 3.05) is 18.9 Å². The van der Waals surface area contributed by atoms with E-state index in [9.17, 15) is 14.7 Å². The molecule has 1 aliphatic rings. The highest BCUT2D eigenvalue weighted by Gasteiger charge is 2.24. The molecule has 3 N–H and O–H groups in total. The molecule has 1 amide bonds. The first-order valence-electron chi connectivity index (χ1n) is 6.98. The van der Waals surface area contributed by atoms with Gasteiger partial charge in [0.05, 0.1) is 12.6 Å². The first kappa shape index (κ1) is 14.6. The van der Waals surface area contributed by atoms with Crippen LogP contribution in [0.2, 0.25) is 0 Å². The highest BCUT2D eigenvalue weighted by molar-refractivity contribution is 5.76. The Morgan fingerprint density at radius 3 is 2.90 bits per heavy atom. The van der Waals surface area contributed by atoms with Gasteiger partial charge in [-0.2, -0.15) is 0 Å². The summed E-state index contributed by atoms with van der Waals surface area (Å²) in [4.78, 5) is 25.8. The maximum absolute atomic E-state index is 12.4. The largest absolute Gasteiger partial charge is 0.398 e. The van der Waals surface area contributed by atoms with E-state index in [1.807, 2.05) is 0 Å². The van der Waals surface area contributed by atoms with Crippen LogP contribution in [0.25, 0.3) is 0 Å². The van der Waals surface area contributed by atoms with Crippen molar-refractivity contribution in [3.05, 3.63) is 28.7 Å². The molecule has 0 bridgehead atoms. The maximum atomic E-state index is 12.4. The van der Waals surface area contributed by atoms with Crippen LogP contribution in [0, 0.1) is 0 Å². The van der Waals surface area contributed by atoms with Gasteiger partial charge in [0.2, 0.25) is 5.91 Å². The molecule has 0 saturated carbocycles. The highest BCUT2D eigenvalue weighted by Crippen LogP contribution is 2.17. The number of nitrogen functional groups attached to an aromatic ring is 1. The SMILES string of the molecule is Nc1ccc(=O)n(CC(=O)N2CCCCCC2CO)c1. The number of nitrogens with zero attached hydrogens (tertiary/aromatic N) is 2. The van der Waals surface area contributed by atoms with Crippen LogP contribution in [0.5, 0.6) is 0 Å². The molecule has 0 aliphatic carbocycles. The summed E-state index contributed by atoms with van der Waals surface area (Å²) in [5.74, 6) is -0.140. The van der Waals surface area contributed by atoms with Crippen molar-refractivity contribution < 1.29 is 9.90 Å². The number of pyridine rings is 1. The maximum Gasteiger partial charge on any atom is 0.251 e. The van der Waals surface area contributed by atoms with Crippen molar-refractivity contribution in [2.45, 2.75) is 38.3 Å². The zero-order chi connectivity index (χ0) is 14.5. The molecule has 2 heterocycles. The van der Waals surface area contributed by atoms with Crippen molar-refractivity contribution in [3.8, 4) is 0 Å². The van der Waals surface area contributed by atoms with Gasteiger partial charge in [0.25, 0.3) is 5.56 Å². The second-order valence-electron chi connectivity index (χ2n) is 5.20. The predicted octanol–water partition coefficient (Wildman–Crippen LogP) is 0.194. The average molecular weight is 279 g/mol. The number of rotatable bonds is 3. The van der Waals surface area contributed by atoms with Gasteiger partial charge >= 0.3 is 0 Å². The lowest BCUT2D eigenvalue weighted by atomic mass is 10.1. The number of anilines is 1. The number of nitrogens with two attached hydrogens (primary N) is 1. The van der Waals surface area contributed by atoms with Gasteiger partial charge in [0.1, 0.15) is 6.54 Å². The van der Waals surface area contributed by atoms with Crippen molar-refractivity contribution in [3.63, 3.8) is 0 Å². The van der Waals surface area contributed by atoms with Crippen molar-refractivity contribution >= 4 is 11.6 Å². The Morgan fingerprint density at radius 2 is 2.15 bits per heavy atom. The van der Waals surface area contributed by atoms with Gasteiger partial charge in [-0.15, -0.1) is 0 Å². The monoisotopic (exact) mass is 279 g/mol. The van der Waals surface area contributed by atoms with E-state index in [1.54, 1.807) is 4.90 Å². The minimum atomic E-state index is -0.247. The van der Waals surface area contributed by atoms with E-state index in [0.717, 1.165) is 25.7 Å². The number of amides is 1. The smallest absolute Gasteiger partial charge is 0.251 e. The standard InChI is InChI=1S/C14H21N3O3/c15-11-5-6-13(19)16(8-11)9-14(20)17-7-3-1-2-4-12(17)10-18/h5-6,8,12,18H,1-4,7,9-10,15H2. The molecule has 1 aromatic heterocycles. The molecule has 0 spiro atoms. The van der Waals surface area contributed by atoms with Gasteiger partial charge in [0, 0.05) is 24.5 Å². The van der Waals surface area contributed by atoms with E-state index in [1.165, 1.54) is 22.9 Å². The first-order chi connectivity index (χ1) is 9.61. The first-order valence-corrected chi connectivity index (χ1v) is 6.98. The molecule has 20 heavy (non-hydrogen) atoms. The zero-order valence-electron chi connectivity index (χ0n) is 11.5. The summed E-state index contributed by atoms with van der Waals surface area (Å²) in [6, 6.07) is 2.74. The van der Waals surface area contributed by atoms with Gasteiger partial charge in [0.15, 0.2) is 0 Å². The molecule has 6 nitrogen and oxygen atoms in total. The number of aliphatic hydroxyl groups excluding tert-OH is 1. The van der Waals surface area contributed by atoms with Crippen molar-refractivity contribution in [1.82, 2.24) is 9.47 Å². The van der Waals surface area contributed by atoms with Crippen LogP contribution in [0.4, 0.5) is 5.69 Å². The van der Waals surface area contributed by atoms with Crippen LogP contribution in [0.1, 0.15) is 25.7 Å². The number of aliphatic hydroxyl groups is 1. The molecule has 1 unspecified atom stereocenters. The van der Waals surface area contributed by atoms with E-state index in [-0.39, 0.29) is 30.7 Å². The zero-order valence-corrected chi connectivity index (χ0v) is 11.5. The Labute approximate surface area is 117 Å². The summed E-state index contributed by atoms with van der Waals surface area (Å²) in [6.07, 6.45) is 5.32. The van der Waals surface area contributed by atoms with Crippen LogP contribution in [0.3, 0.4) is 0 Å². The van der Waals surface area contributed by atoms with Crippen molar-refractivity contribution in [2.24, 2.45) is 0 Å². The molecule has 0 radical (unpaired) electrons. The van der Waals surface area contributed by atoms with Crippen LogP contribution in [-0.4, -0.2) is 39.7 Å². The number of carbonyl (C=O) groups is 1. The molecular formula is C14H21N3O3. The quantitative estimate of drug-likeness (QED) is 0.827. The third-order valence-corrected chi connectivity index (χ3v) is 3.72. The Kier molecular flexibility index (Phi) is 4.79. The van der Waals surface area contributed by atoms with Crippen LogP contribution < -0.4 is 11.3 Å². The fraction of sp³-hybridized carbons (Fsp3) is 0.571. The third-order valence-electron chi connectivity index (χ3n) is 3.72. The van der Waals surface area contributed by atoms with Crippen LogP contribution >= 0.6 is 0 Å². The van der Waals surface area contributed by atoms with Gasteiger partial charge in [-0.3, -0.25) is 9.59 Å². The Hall–Kier alpha value is -1.82. The second-order valence-corrected chi connectivity index (χ2v) is 5.20. The number of hydrogen-bond acceptors (Lipinski definition) is 4. The summed E-state index contributed by atoms with van der Waals surface area (Å²) in [5.41, 5.74) is 5.84. The van der Waals surface area contributed by atoms with Crippen LogP contribution in [0.15, 0.2) is 23.1 Å². The summed E-state index contributed by atoms with van der Waals surface area (Å²) in [6.45, 7) is 0.582. The number of aromatic nitrogens is 1. The molecule has 110 valence electrons. The molecule has 2 rings (SSSR count). The summed E-state index contributed by atoms with van der Waals surface area (Å²) < 4.78 is 1.32. The lowest BCUT2D eigenvalue weighted by Crippen LogP contribution is -2.44. The van der Waals surface area contributed by atoms with E-state index >= 15 is 0 Å². The third kappa shape index (κ3) is 3.39. The molecule has 1 fully saturated rings. The highest BCUT2D eigenvalue weighted by atomic mass is 16.3. The Balaban J connectivity index is 2.13. The predicted molar refractivity (Wildman–Crippen MR) is 76.2 cm³/mol. The van der Waals surface area contributed by atoms with Gasteiger partial charge in [-0.25, -0.2) is 0 Å². The molecule has 1 aliphatic heterocycles. The van der Waals surface area contributed by atoms with E-state index in [2.05, 4.69) is 0 Å². The fourth-order valence-electron chi connectivity index (χ4n) is 2.61.